The summed E-state index contributed by atoms with van der Waals surface area (Å²) in [5.41, 5.74) is 1.59. The molecular weight excluding hydrogens is 426 g/mol. The zero-order chi connectivity index (χ0) is 19.4. The molecule has 0 saturated carbocycles. The first-order valence-electron chi connectivity index (χ1n) is 8.21. The summed E-state index contributed by atoms with van der Waals surface area (Å²) in [6.45, 7) is 0. The number of likely N-dealkylation sites (N-methyl/N-ethyl adjacent to an activating group) is 1. The number of benzene rings is 2. The van der Waals surface area contributed by atoms with Gasteiger partial charge in [0, 0.05) is 17.2 Å². The molecule has 0 aliphatic carbocycles. The molecule has 1 fully saturated rings. The van der Waals surface area contributed by atoms with E-state index in [0.29, 0.717) is 17.1 Å². The average Bonchev–Trinajstić information content (AvgIpc) is 3.00. The van der Waals surface area contributed by atoms with E-state index in [9.17, 15) is 14.9 Å². The molecule has 2 aromatic rings. The Morgan fingerprint density at radius 3 is 2.48 bits per heavy atom. The molecule has 2 amide bonds. The van der Waals surface area contributed by atoms with E-state index in [2.05, 4.69) is 21.2 Å². The highest BCUT2D eigenvalue weighted by Crippen LogP contribution is 2.42. The van der Waals surface area contributed by atoms with E-state index in [4.69, 9.17) is 0 Å². The first kappa shape index (κ1) is 19.2. The summed E-state index contributed by atoms with van der Waals surface area (Å²) in [7, 11) is 1.47. The molecule has 1 aliphatic heterocycles. The smallest absolute Gasteiger partial charge is 0.264 e. The SMILES string of the molecule is CNC(=O)/C(C#N)=C1\SC(Cc2ccccc2)C(=O)N1c1ccc(Br)cc1. The molecule has 0 radical (unpaired) electrons. The van der Waals surface area contributed by atoms with E-state index < -0.39 is 11.2 Å². The van der Waals surface area contributed by atoms with Gasteiger partial charge in [-0.25, -0.2) is 0 Å². The number of amides is 2. The Morgan fingerprint density at radius 2 is 1.89 bits per heavy atom. The number of hydrogen-bond donors (Lipinski definition) is 1. The lowest BCUT2D eigenvalue weighted by molar-refractivity contribution is -0.117. The van der Waals surface area contributed by atoms with E-state index in [-0.39, 0.29) is 11.5 Å². The van der Waals surface area contributed by atoms with Gasteiger partial charge in [-0.1, -0.05) is 58.0 Å². The second-order valence-corrected chi connectivity index (χ2v) is 7.92. The van der Waals surface area contributed by atoms with Crippen molar-refractivity contribution in [3.8, 4) is 6.07 Å². The number of halogens is 1. The van der Waals surface area contributed by atoms with E-state index in [1.807, 2.05) is 48.5 Å². The van der Waals surface area contributed by atoms with Gasteiger partial charge >= 0.3 is 0 Å². The Morgan fingerprint density at radius 1 is 1.22 bits per heavy atom. The number of carbonyl (C=O) groups is 2. The van der Waals surface area contributed by atoms with Gasteiger partial charge in [-0.05, 0) is 36.2 Å². The van der Waals surface area contributed by atoms with Crippen LogP contribution in [0.3, 0.4) is 0 Å². The lowest BCUT2D eigenvalue weighted by Gasteiger charge is -2.18. The number of rotatable bonds is 4. The maximum Gasteiger partial charge on any atom is 0.264 e. The third kappa shape index (κ3) is 4.07. The highest BCUT2D eigenvalue weighted by Gasteiger charge is 2.40. The maximum atomic E-state index is 13.2. The zero-order valence-electron chi connectivity index (χ0n) is 14.5. The highest BCUT2D eigenvalue weighted by atomic mass is 79.9. The van der Waals surface area contributed by atoms with Crippen LogP contribution >= 0.6 is 27.7 Å². The van der Waals surface area contributed by atoms with Gasteiger partial charge in [-0.3, -0.25) is 14.5 Å². The highest BCUT2D eigenvalue weighted by molar-refractivity contribution is 9.10. The van der Waals surface area contributed by atoms with Gasteiger partial charge in [0.05, 0.1) is 5.25 Å². The fourth-order valence-electron chi connectivity index (χ4n) is 2.77. The molecular formula is C20H16BrN3O2S. The number of nitrogens with one attached hydrogen (secondary N) is 1. The van der Waals surface area contributed by atoms with E-state index in [0.717, 1.165) is 10.0 Å². The van der Waals surface area contributed by atoms with Crippen molar-refractivity contribution in [1.82, 2.24) is 5.32 Å². The number of thioether (sulfide) groups is 1. The van der Waals surface area contributed by atoms with Crippen molar-refractivity contribution in [2.75, 3.05) is 11.9 Å². The molecule has 1 heterocycles. The molecule has 0 bridgehead atoms. The fourth-order valence-corrected chi connectivity index (χ4v) is 4.34. The molecule has 0 aromatic heterocycles. The Balaban J connectivity index is 2.04. The van der Waals surface area contributed by atoms with Crippen LogP contribution in [0.4, 0.5) is 5.69 Å². The number of anilines is 1. The molecule has 7 heteroatoms. The minimum absolute atomic E-state index is 0.0608. The van der Waals surface area contributed by atoms with Crippen molar-refractivity contribution in [1.29, 1.82) is 5.26 Å². The van der Waals surface area contributed by atoms with Crippen LogP contribution in [0.15, 0.2) is 69.7 Å². The molecule has 27 heavy (non-hydrogen) atoms. The first-order chi connectivity index (χ1) is 13.0. The van der Waals surface area contributed by atoms with Crippen molar-refractivity contribution in [2.24, 2.45) is 0 Å². The average molecular weight is 442 g/mol. The third-order valence-corrected chi connectivity index (χ3v) is 5.87. The monoisotopic (exact) mass is 441 g/mol. The normalized spacial score (nSPS) is 18.2. The molecule has 136 valence electrons. The van der Waals surface area contributed by atoms with Crippen LogP contribution in [0.25, 0.3) is 0 Å². The molecule has 1 atom stereocenters. The van der Waals surface area contributed by atoms with Gasteiger partial charge in [0.15, 0.2) is 0 Å². The van der Waals surface area contributed by atoms with Gasteiger partial charge in [-0.2, -0.15) is 5.26 Å². The van der Waals surface area contributed by atoms with Crippen molar-refractivity contribution < 1.29 is 9.59 Å². The number of nitriles is 1. The van der Waals surface area contributed by atoms with E-state index in [1.54, 1.807) is 12.1 Å². The van der Waals surface area contributed by atoms with E-state index in [1.165, 1.54) is 23.7 Å². The van der Waals surface area contributed by atoms with Crippen molar-refractivity contribution in [2.45, 2.75) is 11.7 Å². The van der Waals surface area contributed by atoms with Crippen LogP contribution in [0.5, 0.6) is 0 Å². The van der Waals surface area contributed by atoms with Crippen LogP contribution in [-0.2, 0) is 16.0 Å². The van der Waals surface area contributed by atoms with Crippen molar-refractivity contribution in [3.05, 3.63) is 75.2 Å². The summed E-state index contributed by atoms with van der Waals surface area (Å²) in [5.74, 6) is -0.645. The molecule has 1 unspecified atom stereocenters. The predicted molar refractivity (Wildman–Crippen MR) is 110 cm³/mol. The van der Waals surface area contributed by atoms with Crippen LogP contribution < -0.4 is 10.2 Å². The topological polar surface area (TPSA) is 73.2 Å². The maximum absolute atomic E-state index is 13.2. The summed E-state index contributed by atoms with van der Waals surface area (Å²) < 4.78 is 0.878. The van der Waals surface area contributed by atoms with Crippen LogP contribution in [0.1, 0.15) is 5.56 Å². The molecule has 1 aliphatic rings. The minimum Gasteiger partial charge on any atom is -0.354 e. The Kier molecular flexibility index (Phi) is 5.99. The second-order valence-electron chi connectivity index (χ2n) is 5.82. The molecule has 0 spiro atoms. The lowest BCUT2D eigenvalue weighted by Crippen LogP contribution is -2.31. The lowest BCUT2D eigenvalue weighted by atomic mass is 10.1. The van der Waals surface area contributed by atoms with Crippen LogP contribution in [0, 0.1) is 11.3 Å². The Hall–Kier alpha value is -2.56. The fraction of sp³-hybridized carbons (Fsp3) is 0.150. The molecule has 1 N–H and O–H groups in total. The van der Waals surface area contributed by atoms with Gasteiger partial charge < -0.3 is 5.32 Å². The van der Waals surface area contributed by atoms with Gasteiger partial charge in [0.25, 0.3) is 5.91 Å². The largest absolute Gasteiger partial charge is 0.354 e. The Labute approximate surface area is 170 Å². The first-order valence-corrected chi connectivity index (χ1v) is 9.89. The summed E-state index contributed by atoms with van der Waals surface area (Å²) in [6, 6.07) is 18.9. The van der Waals surface area contributed by atoms with Crippen molar-refractivity contribution in [3.63, 3.8) is 0 Å². The van der Waals surface area contributed by atoms with Crippen molar-refractivity contribution >= 4 is 45.2 Å². The molecule has 5 nitrogen and oxygen atoms in total. The van der Waals surface area contributed by atoms with Gasteiger partial charge in [0.1, 0.15) is 16.7 Å². The predicted octanol–water partition coefficient (Wildman–Crippen LogP) is 3.62. The van der Waals surface area contributed by atoms with Gasteiger partial charge in [-0.15, -0.1) is 0 Å². The van der Waals surface area contributed by atoms with Gasteiger partial charge in [0.2, 0.25) is 5.91 Å². The summed E-state index contributed by atoms with van der Waals surface area (Å²) in [4.78, 5) is 26.8. The molecule has 3 rings (SSSR count). The van der Waals surface area contributed by atoms with Crippen LogP contribution in [0.2, 0.25) is 0 Å². The number of hydrogen-bond acceptors (Lipinski definition) is 4. The molecule has 2 aromatic carbocycles. The number of carbonyl (C=O) groups excluding carboxylic acids is 2. The van der Waals surface area contributed by atoms with Crippen LogP contribution in [-0.4, -0.2) is 24.1 Å². The number of nitrogens with zero attached hydrogens (tertiary/aromatic N) is 2. The summed E-state index contributed by atoms with van der Waals surface area (Å²) >= 11 is 4.64. The Bertz CT molecular complexity index is 936. The van der Waals surface area contributed by atoms with E-state index >= 15 is 0 Å². The molecule has 1 saturated heterocycles. The summed E-state index contributed by atoms with van der Waals surface area (Å²) in [6.07, 6.45) is 0.521. The zero-order valence-corrected chi connectivity index (χ0v) is 16.9. The quantitative estimate of drug-likeness (QED) is 0.580. The minimum atomic E-state index is -0.504. The standard InChI is InChI=1S/C20H16BrN3O2S/c1-23-18(25)16(12-22)20-24(15-9-7-14(21)8-10-15)19(26)17(27-20)11-13-5-3-2-4-6-13/h2-10,17H,11H2,1H3,(H,23,25)/b20-16-. The summed E-state index contributed by atoms with van der Waals surface area (Å²) in [5, 5.41) is 12.0. The third-order valence-electron chi connectivity index (χ3n) is 4.08. The second kappa shape index (κ2) is 8.42.